The lowest BCUT2D eigenvalue weighted by Crippen LogP contribution is -2.38. The molecule has 0 unspecified atom stereocenters. The summed E-state index contributed by atoms with van der Waals surface area (Å²) < 4.78 is 0. The fourth-order valence-electron chi connectivity index (χ4n) is 4.35. The molecule has 164 valence electrons. The van der Waals surface area contributed by atoms with Gasteiger partial charge in [-0.05, 0) is 55.8 Å². The molecule has 32 heavy (non-hydrogen) atoms. The quantitative estimate of drug-likeness (QED) is 0.566. The molecular weight excluding hydrogens is 398 g/mol. The summed E-state index contributed by atoms with van der Waals surface area (Å²) in [6.07, 6.45) is -0.443. The van der Waals surface area contributed by atoms with Gasteiger partial charge in [0.25, 0.3) is 11.8 Å². The number of hydrogen-bond acceptors (Lipinski definition) is 3. The highest BCUT2D eigenvalue weighted by Crippen LogP contribution is 2.33. The van der Waals surface area contributed by atoms with E-state index in [0.717, 1.165) is 24.3 Å². The first kappa shape index (κ1) is 21.6. The molecule has 1 heterocycles. The third kappa shape index (κ3) is 4.24. The third-order valence-corrected chi connectivity index (χ3v) is 6.06. The minimum absolute atomic E-state index is 0.0632. The summed E-state index contributed by atoms with van der Waals surface area (Å²) in [4.78, 5) is 32.7. The Labute approximate surface area is 189 Å². The monoisotopic (exact) mass is 427 g/mol. The molecular formula is C27H29N3O2. The topological polar surface area (TPSA) is 43.9 Å². The lowest BCUT2D eigenvalue weighted by molar-refractivity contribution is 0.0545. The molecule has 0 saturated carbocycles. The van der Waals surface area contributed by atoms with Gasteiger partial charge in [0.05, 0.1) is 0 Å². The van der Waals surface area contributed by atoms with Gasteiger partial charge in [-0.3, -0.25) is 9.59 Å². The van der Waals surface area contributed by atoms with Crippen LogP contribution in [0.5, 0.6) is 0 Å². The molecule has 2 amide bonds. The minimum Gasteiger partial charge on any atom is -0.372 e. The van der Waals surface area contributed by atoms with Gasteiger partial charge >= 0.3 is 0 Å². The number of anilines is 1. The van der Waals surface area contributed by atoms with Crippen molar-refractivity contribution in [2.75, 3.05) is 31.1 Å². The minimum atomic E-state index is -0.443. The molecule has 0 aromatic heterocycles. The Morgan fingerprint density at radius 2 is 1.16 bits per heavy atom. The van der Waals surface area contributed by atoms with Crippen LogP contribution in [0.3, 0.4) is 0 Å². The number of nitrogens with zero attached hydrogens (tertiary/aromatic N) is 3. The van der Waals surface area contributed by atoms with E-state index in [9.17, 15) is 9.59 Å². The number of carbonyl (C=O) groups is 2. The zero-order valence-corrected chi connectivity index (χ0v) is 18.6. The molecule has 0 radical (unpaired) electrons. The van der Waals surface area contributed by atoms with E-state index >= 15 is 0 Å². The maximum atomic E-state index is 13.4. The molecule has 5 nitrogen and oxygen atoms in total. The summed E-state index contributed by atoms with van der Waals surface area (Å²) in [5.41, 5.74) is 3.34. The first-order valence-electron chi connectivity index (χ1n) is 11.2. The summed E-state index contributed by atoms with van der Waals surface area (Å²) in [6, 6.07) is 26.8. The van der Waals surface area contributed by atoms with Crippen LogP contribution < -0.4 is 4.90 Å². The van der Waals surface area contributed by atoms with E-state index < -0.39 is 6.17 Å². The molecule has 4 rings (SSSR count). The van der Waals surface area contributed by atoms with Crippen LogP contribution in [0.1, 0.15) is 46.3 Å². The molecule has 0 spiro atoms. The zero-order valence-electron chi connectivity index (χ0n) is 18.6. The Morgan fingerprint density at radius 3 is 1.56 bits per heavy atom. The van der Waals surface area contributed by atoms with Gasteiger partial charge in [-0.1, -0.05) is 48.5 Å². The highest BCUT2D eigenvalue weighted by Gasteiger charge is 2.39. The fourth-order valence-corrected chi connectivity index (χ4v) is 4.35. The SMILES string of the molecule is CCN(CC)c1ccc(C2N(C(=O)c3ccccc3)CCN2C(=O)c2ccccc2)cc1. The molecule has 1 aliphatic rings. The van der Waals surface area contributed by atoms with Crippen molar-refractivity contribution in [2.45, 2.75) is 20.0 Å². The van der Waals surface area contributed by atoms with Crippen LogP contribution in [-0.4, -0.2) is 47.8 Å². The standard InChI is InChI=1S/C27H29N3O2/c1-3-28(4-2)24-17-15-21(16-18-24)25-29(26(31)22-11-7-5-8-12-22)19-20-30(25)27(32)23-13-9-6-10-14-23/h5-18,25H,3-4,19-20H2,1-2H3. The van der Waals surface area contributed by atoms with E-state index in [2.05, 4.69) is 30.9 Å². The Bertz CT molecular complexity index is 988. The van der Waals surface area contributed by atoms with Crippen molar-refractivity contribution in [3.8, 4) is 0 Å². The largest absolute Gasteiger partial charge is 0.372 e. The van der Waals surface area contributed by atoms with Crippen LogP contribution in [0.25, 0.3) is 0 Å². The molecule has 3 aromatic carbocycles. The highest BCUT2D eigenvalue weighted by molar-refractivity contribution is 5.97. The number of rotatable bonds is 6. The summed E-state index contributed by atoms with van der Waals surface area (Å²) in [7, 11) is 0. The zero-order chi connectivity index (χ0) is 22.5. The Balaban J connectivity index is 1.70. The van der Waals surface area contributed by atoms with E-state index in [1.807, 2.05) is 82.6 Å². The van der Waals surface area contributed by atoms with Crippen LogP contribution in [0.4, 0.5) is 5.69 Å². The Kier molecular flexibility index (Phi) is 6.55. The third-order valence-electron chi connectivity index (χ3n) is 6.06. The molecule has 0 atom stereocenters. The maximum absolute atomic E-state index is 13.4. The molecule has 0 bridgehead atoms. The lowest BCUT2D eigenvalue weighted by atomic mass is 10.1. The van der Waals surface area contributed by atoms with Gasteiger partial charge in [-0.2, -0.15) is 0 Å². The lowest BCUT2D eigenvalue weighted by Gasteiger charge is -2.31. The van der Waals surface area contributed by atoms with E-state index in [1.54, 1.807) is 0 Å². The molecule has 3 aromatic rings. The average Bonchev–Trinajstić information content (AvgIpc) is 3.30. The van der Waals surface area contributed by atoms with Crippen LogP contribution in [-0.2, 0) is 0 Å². The fraction of sp³-hybridized carbons (Fsp3) is 0.259. The number of carbonyl (C=O) groups excluding carboxylic acids is 2. The second kappa shape index (κ2) is 9.69. The first-order valence-corrected chi connectivity index (χ1v) is 11.2. The van der Waals surface area contributed by atoms with Crippen LogP contribution >= 0.6 is 0 Å². The van der Waals surface area contributed by atoms with E-state index in [1.165, 1.54) is 0 Å². The predicted octanol–water partition coefficient (Wildman–Crippen LogP) is 4.83. The average molecular weight is 428 g/mol. The Morgan fingerprint density at radius 1 is 0.719 bits per heavy atom. The van der Waals surface area contributed by atoms with Crippen molar-refractivity contribution in [1.29, 1.82) is 0 Å². The molecule has 5 heteroatoms. The van der Waals surface area contributed by atoms with Crippen molar-refractivity contribution < 1.29 is 9.59 Å². The summed E-state index contributed by atoms with van der Waals surface area (Å²) in [6.45, 7) is 7.11. The smallest absolute Gasteiger partial charge is 0.255 e. The molecule has 0 N–H and O–H groups in total. The summed E-state index contributed by atoms with van der Waals surface area (Å²) in [5, 5.41) is 0. The van der Waals surface area contributed by atoms with Crippen molar-refractivity contribution in [1.82, 2.24) is 9.80 Å². The van der Waals surface area contributed by atoms with Crippen LogP contribution in [0, 0.1) is 0 Å². The second-order valence-electron chi connectivity index (χ2n) is 7.87. The van der Waals surface area contributed by atoms with E-state index in [4.69, 9.17) is 0 Å². The predicted molar refractivity (Wildman–Crippen MR) is 128 cm³/mol. The van der Waals surface area contributed by atoms with Crippen molar-refractivity contribution in [3.63, 3.8) is 0 Å². The van der Waals surface area contributed by atoms with Crippen LogP contribution in [0.15, 0.2) is 84.9 Å². The maximum Gasteiger partial charge on any atom is 0.255 e. The number of amides is 2. The van der Waals surface area contributed by atoms with Gasteiger partial charge in [0.15, 0.2) is 0 Å². The molecule has 1 saturated heterocycles. The van der Waals surface area contributed by atoms with Crippen molar-refractivity contribution in [3.05, 3.63) is 102 Å². The van der Waals surface area contributed by atoms with Gasteiger partial charge in [0.1, 0.15) is 6.17 Å². The Hall–Kier alpha value is -3.60. The van der Waals surface area contributed by atoms with Gasteiger partial charge in [-0.25, -0.2) is 0 Å². The second-order valence-corrected chi connectivity index (χ2v) is 7.87. The first-order chi connectivity index (χ1) is 15.6. The normalized spacial score (nSPS) is 13.9. The molecule has 1 fully saturated rings. The van der Waals surface area contributed by atoms with Crippen LogP contribution in [0.2, 0.25) is 0 Å². The van der Waals surface area contributed by atoms with E-state index in [0.29, 0.717) is 24.2 Å². The van der Waals surface area contributed by atoms with Gasteiger partial charge < -0.3 is 14.7 Å². The van der Waals surface area contributed by atoms with Gasteiger partial charge in [0, 0.05) is 43.0 Å². The van der Waals surface area contributed by atoms with Gasteiger partial charge in [-0.15, -0.1) is 0 Å². The van der Waals surface area contributed by atoms with E-state index in [-0.39, 0.29) is 11.8 Å². The van der Waals surface area contributed by atoms with Crippen molar-refractivity contribution >= 4 is 17.5 Å². The molecule has 0 aliphatic carbocycles. The highest BCUT2D eigenvalue weighted by atomic mass is 16.2. The summed E-state index contributed by atoms with van der Waals surface area (Å²) in [5.74, 6) is -0.126. The number of hydrogen-bond donors (Lipinski definition) is 0. The summed E-state index contributed by atoms with van der Waals surface area (Å²) >= 11 is 0. The number of benzene rings is 3. The molecule has 1 aliphatic heterocycles. The van der Waals surface area contributed by atoms with Crippen molar-refractivity contribution in [2.24, 2.45) is 0 Å². The van der Waals surface area contributed by atoms with Gasteiger partial charge in [0.2, 0.25) is 0 Å².